The van der Waals surface area contributed by atoms with Gasteiger partial charge in [0.25, 0.3) is 0 Å². The van der Waals surface area contributed by atoms with E-state index < -0.39 is 5.54 Å². The number of carbonyl (C=O) groups excluding carboxylic acids is 1. The van der Waals surface area contributed by atoms with Gasteiger partial charge in [0, 0.05) is 18.6 Å². The Bertz CT molecular complexity index is 378. The second-order valence-corrected chi connectivity index (χ2v) is 7.57. The van der Waals surface area contributed by atoms with Gasteiger partial charge in [-0.25, -0.2) is 0 Å². The van der Waals surface area contributed by atoms with E-state index in [9.17, 15) is 4.79 Å². The largest absolute Gasteiger partial charge is 0.368 e. The molecule has 2 atom stereocenters. The van der Waals surface area contributed by atoms with Crippen LogP contribution in [0.1, 0.15) is 66.2 Å². The quantitative estimate of drug-likeness (QED) is 0.790. The van der Waals surface area contributed by atoms with Crippen molar-refractivity contribution in [2.75, 3.05) is 13.1 Å². The van der Waals surface area contributed by atoms with Crippen LogP contribution in [0.2, 0.25) is 0 Å². The Kier molecular flexibility index (Phi) is 4.99. The Balaban J connectivity index is 2.03. The lowest BCUT2D eigenvalue weighted by atomic mass is 9.82. The molecular weight excluding hydrogens is 262 g/mol. The maximum absolute atomic E-state index is 12.0. The Labute approximate surface area is 129 Å². The van der Waals surface area contributed by atoms with Crippen LogP contribution in [-0.2, 0) is 4.79 Å². The third-order valence-electron chi connectivity index (χ3n) is 6.01. The Morgan fingerprint density at radius 2 is 2.00 bits per heavy atom. The molecule has 1 saturated carbocycles. The summed E-state index contributed by atoms with van der Waals surface area (Å²) in [6, 6.07) is 0.809. The number of likely N-dealkylation sites (tertiary alicyclic amines) is 1. The lowest BCUT2D eigenvalue weighted by Crippen LogP contribution is -2.56. The molecule has 1 saturated heterocycles. The number of nitrogens with one attached hydrogen (secondary N) is 1. The minimum Gasteiger partial charge on any atom is -0.368 e. The van der Waals surface area contributed by atoms with Crippen molar-refractivity contribution < 1.29 is 4.79 Å². The van der Waals surface area contributed by atoms with Crippen LogP contribution in [0.3, 0.4) is 0 Å². The number of primary amides is 1. The number of hydrogen-bond acceptors (Lipinski definition) is 3. The molecule has 0 aromatic carbocycles. The maximum atomic E-state index is 12.0. The smallest absolute Gasteiger partial charge is 0.237 e. The van der Waals surface area contributed by atoms with E-state index >= 15 is 0 Å². The van der Waals surface area contributed by atoms with Crippen LogP contribution in [0, 0.1) is 5.41 Å². The highest BCUT2D eigenvalue weighted by Crippen LogP contribution is 2.42. The van der Waals surface area contributed by atoms with Crippen molar-refractivity contribution >= 4 is 5.91 Å². The first-order valence-corrected chi connectivity index (χ1v) is 8.68. The first kappa shape index (κ1) is 16.8. The zero-order valence-corrected chi connectivity index (χ0v) is 14.2. The van der Waals surface area contributed by atoms with Gasteiger partial charge in [-0.05, 0) is 64.3 Å². The Hall–Kier alpha value is -0.610. The fraction of sp³-hybridized carbons (Fsp3) is 0.941. The Morgan fingerprint density at radius 1 is 1.33 bits per heavy atom. The van der Waals surface area contributed by atoms with E-state index in [-0.39, 0.29) is 5.91 Å². The molecule has 1 amide bonds. The molecule has 2 unspecified atom stereocenters. The molecule has 2 aliphatic rings. The summed E-state index contributed by atoms with van der Waals surface area (Å²) in [6.07, 6.45) is 6.68. The minimum absolute atomic E-state index is 0.171. The molecule has 2 rings (SSSR count). The Morgan fingerprint density at radius 3 is 2.48 bits per heavy atom. The third-order valence-corrected chi connectivity index (χ3v) is 6.01. The number of rotatable bonds is 6. The summed E-state index contributed by atoms with van der Waals surface area (Å²) < 4.78 is 0. The normalized spacial score (nSPS) is 32.9. The van der Waals surface area contributed by atoms with E-state index in [1.165, 1.54) is 32.4 Å². The van der Waals surface area contributed by atoms with Gasteiger partial charge in [0.1, 0.15) is 0 Å². The van der Waals surface area contributed by atoms with Gasteiger partial charge in [0.05, 0.1) is 5.54 Å². The minimum atomic E-state index is -0.484. The molecule has 1 aliphatic carbocycles. The molecule has 1 heterocycles. The van der Waals surface area contributed by atoms with E-state index in [4.69, 9.17) is 5.73 Å². The lowest BCUT2D eigenvalue weighted by molar-refractivity contribution is -0.124. The molecule has 0 spiro atoms. The van der Waals surface area contributed by atoms with Gasteiger partial charge in [-0.3, -0.25) is 9.69 Å². The number of nitrogens with two attached hydrogens (primary N) is 1. The summed E-state index contributed by atoms with van der Waals surface area (Å²) in [5.74, 6) is -0.171. The van der Waals surface area contributed by atoms with Crippen LogP contribution in [-0.4, -0.2) is 41.5 Å². The summed E-state index contributed by atoms with van der Waals surface area (Å²) in [7, 11) is 0. The highest BCUT2D eigenvalue weighted by atomic mass is 16.1. The van der Waals surface area contributed by atoms with E-state index in [0.717, 1.165) is 19.3 Å². The van der Waals surface area contributed by atoms with E-state index in [1.54, 1.807) is 0 Å². The van der Waals surface area contributed by atoms with Crippen LogP contribution in [0.4, 0.5) is 0 Å². The summed E-state index contributed by atoms with van der Waals surface area (Å²) in [5.41, 5.74) is 5.75. The second-order valence-electron chi connectivity index (χ2n) is 7.57. The van der Waals surface area contributed by atoms with E-state index in [2.05, 4.69) is 37.9 Å². The van der Waals surface area contributed by atoms with Gasteiger partial charge in [-0.1, -0.05) is 13.8 Å². The number of amides is 1. The molecule has 122 valence electrons. The van der Waals surface area contributed by atoms with Crippen molar-refractivity contribution in [3.8, 4) is 0 Å². The fourth-order valence-corrected chi connectivity index (χ4v) is 4.42. The molecule has 1 aliphatic heterocycles. The highest BCUT2D eigenvalue weighted by molar-refractivity contribution is 5.85. The molecule has 0 aromatic rings. The molecule has 0 bridgehead atoms. The van der Waals surface area contributed by atoms with Crippen molar-refractivity contribution in [1.82, 2.24) is 10.2 Å². The summed E-state index contributed by atoms with van der Waals surface area (Å²) in [5, 5.41) is 3.46. The molecule has 0 radical (unpaired) electrons. The van der Waals surface area contributed by atoms with Gasteiger partial charge < -0.3 is 11.1 Å². The second kappa shape index (κ2) is 6.25. The average molecular weight is 295 g/mol. The molecule has 2 fully saturated rings. The van der Waals surface area contributed by atoms with Crippen LogP contribution in [0.25, 0.3) is 0 Å². The predicted octanol–water partition coefficient (Wildman–Crippen LogP) is 2.27. The van der Waals surface area contributed by atoms with Gasteiger partial charge in [0.2, 0.25) is 5.91 Å². The van der Waals surface area contributed by atoms with Gasteiger partial charge in [0.15, 0.2) is 0 Å². The molecule has 3 N–H and O–H groups in total. The maximum Gasteiger partial charge on any atom is 0.237 e. The van der Waals surface area contributed by atoms with E-state index in [0.29, 0.717) is 17.5 Å². The molecule has 21 heavy (non-hydrogen) atoms. The van der Waals surface area contributed by atoms with Crippen molar-refractivity contribution in [2.24, 2.45) is 11.1 Å². The summed E-state index contributed by atoms with van der Waals surface area (Å²) >= 11 is 0. The molecule has 0 aromatic heterocycles. The van der Waals surface area contributed by atoms with Gasteiger partial charge >= 0.3 is 0 Å². The molecular formula is C17H33N3O. The SMILES string of the molecule is CCC1(CC)CCN(C2CCC(NC(C)C)(C(N)=O)C2)C1. The zero-order chi connectivity index (χ0) is 15.7. The standard InChI is InChI=1S/C17H33N3O/c1-5-16(6-2)9-10-20(12-16)14-7-8-17(11-14,15(18)21)19-13(3)4/h13-14,19H,5-12H2,1-4H3,(H2,18,21). The molecule has 4 nitrogen and oxygen atoms in total. The van der Waals surface area contributed by atoms with Crippen molar-refractivity contribution in [3.63, 3.8) is 0 Å². The van der Waals surface area contributed by atoms with Gasteiger partial charge in [-0.15, -0.1) is 0 Å². The molecule has 4 heteroatoms. The summed E-state index contributed by atoms with van der Waals surface area (Å²) in [4.78, 5) is 14.6. The number of hydrogen-bond donors (Lipinski definition) is 2. The first-order valence-electron chi connectivity index (χ1n) is 8.68. The number of carbonyl (C=O) groups is 1. The average Bonchev–Trinajstić information content (AvgIpc) is 3.03. The van der Waals surface area contributed by atoms with Gasteiger partial charge in [-0.2, -0.15) is 0 Å². The summed E-state index contributed by atoms with van der Waals surface area (Å²) in [6.45, 7) is 11.2. The monoisotopic (exact) mass is 295 g/mol. The fourth-order valence-electron chi connectivity index (χ4n) is 4.42. The topological polar surface area (TPSA) is 58.4 Å². The van der Waals surface area contributed by atoms with Crippen molar-refractivity contribution in [2.45, 2.75) is 83.8 Å². The predicted molar refractivity (Wildman–Crippen MR) is 87.0 cm³/mol. The third kappa shape index (κ3) is 3.26. The first-order chi connectivity index (χ1) is 9.86. The van der Waals surface area contributed by atoms with Crippen LogP contribution in [0.5, 0.6) is 0 Å². The zero-order valence-electron chi connectivity index (χ0n) is 14.2. The van der Waals surface area contributed by atoms with Crippen LogP contribution in [0.15, 0.2) is 0 Å². The van der Waals surface area contributed by atoms with Crippen LogP contribution < -0.4 is 11.1 Å². The van der Waals surface area contributed by atoms with Crippen LogP contribution >= 0.6 is 0 Å². The highest BCUT2D eigenvalue weighted by Gasteiger charge is 2.48. The van der Waals surface area contributed by atoms with Crippen molar-refractivity contribution in [1.29, 1.82) is 0 Å². The van der Waals surface area contributed by atoms with Crippen molar-refractivity contribution in [3.05, 3.63) is 0 Å². The lowest BCUT2D eigenvalue weighted by Gasteiger charge is -2.32. The number of nitrogens with zero attached hydrogens (tertiary/aromatic N) is 1. The van der Waals surface area contributed by atoms with E-state index in [1.807, 2.05) is 0 Å².